The minimum absolute atomic E-state index is 0.0798. The maximum absolute atomic E-state index is 11.8. The molecule has 154 valence electrons. The van der Waals surface area contributed by atoms with E-state index in [0.717, 1.165) is 22.9 Å². The first-order valence-corrected chi connectivity index (χ1v) is 11.1. The molecule has 0 bridgehead atoms. The topological polar surface area (TPSA) is 82.1 Å². The van der Waals surface area contributed by atoms with Crippen molar-refractivity contribution in [2.75, 3.05) is 20.8 Å². The van der Waals surface area contributed by atoms with Crippen molar-refractivity contribution in [1.29, 1.82) is 0 Å². The summed E-state index contributed by atoms with van der Waals surface area (Å²) in [6.07, 6.45) is 1.58. The molecule has 2 aromatic rings. The molecule has 0 spiro atoms. The van der Waals surface area contributed by atoms with Crippen LogP contribution in [0.15, 0.2) is 45.8 Å². The fraction of sp³-hybridized carbons (Fsp3) is 0.400. The van der Waals surface area contributed by atoms with Crippen molar-refractivity contribution in [3.63, 3.8) is 0 Å². The Balaban J connectivity index is 2.18. The molecule has 0 aliphatic carbocycles. The predicted octanol–water partition coefficient (Wildman–Crippen LogP) is 4.81. The summed E-state index contributed by atoms with van der Waals surface area (Å²) in [6.45, 7) is 2.68. The molecule has 0 amide bonds. The lowest BCUT2D eigenvalue weighted by atomic mass is 9.95. The third-order valence-corrected chi connectivity index (χ3v) is 5.78. The number of methoxy groups -OCH3 is 2. The molecule has 0 aromatic heterocycles. The van der Waals surface area contributed by atoms with Crippen LogP contribution in [0.25, 0.3) is 0 Å². The van der Waals surface area contributed by atoms with E-state index in [2.05, 4.69) is 15.9 Å². The van der Waals surface area contributed by atoms with Gasteiger partial charge in [0, 0.05) is 10.4 Å². The first-order chi connectivity index (χ1) is 13.3. The van der Waals surface area contributed by atoms with Gasteiger partial charge in [0.15, 0.2) is 11.5 Å². The average Bonchev–Trinajstić information content (AvgIpc) is 2.66. The maximum atomic E-state index is 11.8. The number of ether oxygens (including phenoxy) is 3. The fourth-order valence-corrected chi connectivity index (χ4v) is 4.18. The predicted molar refractivity (Wildman–Crippen MR) is 111 cm³/mol. The minimum Gasteiger partial charge on any atom is -0.493 e. The molecule has 0 heterocycles. The summed E-state index contributed by atoms with van der Waals surface area (Å²) in [7, 11) is -1.16. The van der Waals surface area contributed by atoms with Crippen LogP contribution in [0.2, 0.25) is 0 Å². The molecular formula is C20H25BrO6S. The van der Waals surface area contributed by atoms with Crippen molar-refractivity contribution in [2.24, 2.45) is 0 Å². The van der Waals surface area contributed by atoms with Crippen molar-refractivity contribution in [3.8, 4) is 11.5 Å². The summed E-state index contributed by atoms with van der Waals surface area (Å²) >= 11 is 3.37. The van der Waals surface area contributed by atoms with E-state index in [9.17, 15) is 13.0 Å². The third-order valence-electron chi connectivity index (χ3n) is 4.36. The summed E-state index contributed by atoms with van der Waals surface area (Å²) in [6, 6.07) is 10.3. The Bertz CT molecular complexity index is 898. The van der Waals surface area contributed by atoms with Gasteiger partial charge in [-0.15, -0.1) is 0 Å². The van der Waals surface area contributed by atoms with Crippen LogP contribution in [-0.4, -0.2) is 33.8 Å². The molecule has 1 atom stereocenters. The second kappa shape index (κ2) is 10.2. The molecule has 0 radical (unpaired) electrons. The van der Waals surface area contributed by atoms with E-state index < -0.39 is 10.1 Å². The lowest BCUT2D eigenvalue weighted by Gasteiger charge is -2.20. The monoisotopic (exact) mass is 472 g/mol. The van der Waals surface area contributed by atoms with Crippen molar-refractivity contribution in [2.45, 2.75) is 37.2 Å². The van der Waals surface area contributed by atoms with Crippen molar-refractivity contribution in [3.05, 3.63) is 52.0 Å². The lowest BCUT2D eigenvalue weighted by molar-refractivity contribution is 0.103. The van der Waals surface area contributed by atoms with E-state index in [4.69, 9.17) is 14.2 Å². The first kappa shape index (κ1) is 22.7. The van der Waals surface area contributed by atoms with Crippen LogP contribution in [0.4, 0.5) is 0 Å². The van der Waals surface area contributed by atoms with E-state index in [1.165, 1.54) is 6.07 Å². The molecule has 2 rings (SSSR count). The molecular weight excluding hydrogens is 448 g/mol. The zero-order valence-corrected chi connectivity index (χ0v) is 18.5. The molecule has 8 heteroatoms. The zero-order chi connectivity index (χ0) is 20.7. The highest BCUT2D eigenvalue weighted by Crippen LogP contribution is 2.32. The van der Waals surface area contributed by atoms with Crippen LogP contribution in [0.1, 0.15) is 36.8 Å². The van der Waals surface area contributed by atoms with Gasteiger partial charge in [0.25, 0.3) is 10.1 Å². The number of hydrogen-bond donors (Lipinski definition) is 1. The first-order valence-electron chi connectivity index (χ1n) is 8.85. The van der Waals surface area contributed by atoms with E-state index in [1.807, 2.05) is 25.1 Å². The van der Waals surface area contributed by atoms with E-state index in [0.29, 0.717) is 30.3 Å². The van der Waals surface area contributed by atoms with Gasteiger partial charge in [0.1, 0.15) is 0 Å². The van der Waals surface area contributed by atoms with Crippen LogP contribution in [-0.2, 0) is 21.5 Å². The third kappa shape index (κ3) is 5.94. The Kier molecular flexibility index (Phi) is 8.30. The molecule has 0 fully saturated rings. The minimum atomic E-state index is -4.31. The quantitative estimate of drug-likeness (QED) is 0.499. The highest BCUT2D eigenvalue weighted by atomic mass is 79.9. The van der Waals surface area contributed by atoms with Gasteiger partial charge in [-0.25, -0.2) is 0 Å². The Morgan fingerprint density at radius 1 is 1.07 bits per heavy atom. The van der Waals surface area contributed by atoms with Crippen molar-refractivity contribution < 1.29 is 27.2 Å². The zero-order valence-electron chi connectivity index (χ0n) is 16.1. The van der Waals surface area contributed by atoms with Gasteiger partial charge in [-0.2, -0.15) is 8.42 Å². The summed E-state index contributed by atoms with van der Waals surface area (Å²) in [4.78, 5) is -0.0798. The molecule has 0 aliphatic rings. The molecule has 2 aromatic carbocycles. The van der Waals surface area contributed by atoms with Crippen molar-refractivity contribution >= 4 is 26.0 Å². The Hall–Kier alpha value is -1.61. The summed E-state index contributed by atoms with van der Waals surface area (Å²) in [5.74, 6) is 1.09. The number of halogens is 1. The Morgan fingerprint density at radius 3 is 2.39 bits per heavy atom. The number of rotatable bonds is 10. The van der Waals surface area contributed by atoms with E-state index in [-0.39, 0.29) is 10.8 Å². The SMILES string of the molecule is CCC[C@H](COCc1ccc(OC)c(OC)c1)c1cc(Br)ccc1S(=O)(=O)O. The van der Waals surface area contributed by atoms with Gasteiger partial charge < -0.3 is 14.2 Å². The van der Waals surface area contributed by atoms with Gasteiger partial charge in [0.05, 0.1) is 32.3 Å². The maximum Gasteiger partial charge on any atom is 0.294 e. The summed E-state index contributed by atoms with van der Waals surface area (Å²) < 4.78 is 50.3. The van der Waals surface area contributed by atoms with Crippen LogP contribution in [0.3, 0.4) is 0 Å². The molecule has 28 heavy (non-hydrogen) atoms. The summed E-state index contributed by atoms with van der Waals surface area (Å²) in [5.41, 5.74) is 1.46. The second-order valence-electron chi connectivity index (χ2n) is 6.35. The van der Waals surface area contributed by atoms with Gasteiger partial charge in [0.2, 0.25) is 0 Å². The molecule has 0 saturated carbocycles. The molecule has 1 N–H and O–H groups in total. The van der Waals surface area contributed by atoms with Gasteiger partial charge >= 0.3 is 0 Å². The van der Waals surface area contributed by atoms with Crippen LogP contribution in [0.5, 0.6) is 11.5 Å². The average molecular weight is 473 g/mol. The molecule has 0 aliphatic heterocycles. The van der Waals surface area contributed by atoms with Crippen LogP contribution in [0, 0.1) is 0 Å². The standard InChI is InChI=1S/C20H25BrO6S/c1-4-5-15(17-11-16(21)7-9-20(17)28(22,23)24)13-27-12-14-6-8-18(25-2)19(10-14)26-3/h6-11,15H,4-5,12-13H2,1-3H3,(H,22,23,24)/t15-/m1/s1. The Labute approximate surface area is 174 Å². The van der Waals surface area contributed by atoms with Crippen LogP contribution < -0.4 is 9.47 Å². The highest BCUT2D eigenvalue weighted by Gasteiger charge is 2.22. The van der Waals surface area contributed by atoms with Gasteiger partial charge in [-0.1, -0.05) is 35.3 Å². The Morgan fingerprint density at radius 2 is 1.79 bits per heavy atom. The normalized spacial score (nSPS) is 12.6. The van der Waals surface area contributed by atoms with Crippen molar-refractivity contribution in [1.82, 2.24) is 0 Å². The highest BCUT2D eigenvalue weighted by molar-refractivity contribution is 9.10. The van der Waals surface area contributed by atoms with Gasteiger partial charge in [-0.05, 0) is 47.9 Å². The lowest BCUT2D eigenvalue weighted by Crippen LogP contribution is -2.13. The second-order valence-corrected chi connectivity index (χ2v) is 8.65. The van der Waals surface area contributed by atoms with Gasteiger partial charge in [-0.3, -0.25) is 4.55 Å². The largest absolute Gasteiger partial charge is 0.493 e. The van der Waals surface area contributed by atoms with E-state index >= 15 is 0 Å². The number of hydrogen-bond acceptors (Lipinski definition) is 5. The van der Waals surface area contributed by atoms with E-state index in [1.54, 1.807) is 26.4 Å². The molecule has 0 unspecified atom stereocenters. The fourth-order valence-electron chi connectivity index (χ4n) is 3.04. The smallest absolute Gasteiger partial charge is 0.294 e. The number of benzene rings is 2. The molecule has 0 saturated heterocycles. The molecule has 6 nitrogen and oxygen atoms in total. The summed E-state index contributed by atoms with van der Waals surface area (Å²) in [5, 5.41) is 0. The van der Waals surface area contributed by atoms with Crippen LogP contribution >= 0.6 is 15.9 Å².